The summed E-state index contributed by atoms with van der Waals surface area (Å²) in [6, 6.07) is 6.04. The second-order valence-electron chi connectivity index (χ2n) is 8.15. The predicted molar refractivity (Wildman–Crippen MR) is 126 cm³/mol. The van der Waals surface area contributed by atoms with Crippen molar-refractivity contribution in [2.75, 3.05) is 19.7 Å². The minimum absolute atomic E-state index is 0.0712. The third-order valence-corrected chi connectivity index (χ3v) is 6.77. The van der Waals surface area contributed by atoms with Crippen molar-refractivity contribution in [2.24, 2.45) is 0 Å². The van der Waals surface area contributed by atoms with Crippen molar-refractivity contribution < 1.29 is 19.1 Å². The van der Waals surface area contributed by atoms with Crippen molar-refractivity contribution >= 4 is 45.8 Å². The first kappa shape index (κ1) is 22.6. The molecule has 0 unspecified atom stereocenters. The molecule has 7 nitrogen and oxygen atoms in total. The van der Waals surface area contributed by atoms with E-state index in [2.05, 4.69) is 18.3 Å². The number of ether oxygens (including phenoxy) is 1. The first-order chi connectivity index (χ1) is 15.5. The normalized spacial score (nSPS) is 20.1. The van der Waals surface area contributed by atoms with Crippen molar-refractivity contribution in [3.63, 3.8) is 0 Å². The first-order valence-electron chi connectivity index (χ1n) is 11.3. The molecule has 2 aliphatic heterocycles. The smallest absolute Gasteiger partial charge is 0.293 e. The Morgan fingerprint density at radius 1 is 1.31 bits per heavy atom. The number of imide groups is 1. The summed E-state index contributed by atoms with van der Waals surface area (Å²) in [7, 11) is 0. The number of nitrogens with zero attached hydrogens (tertiary/aromatic N) is 2. The van der Waals surface area contributed by atoms with Crippen LogP contribution in [0.2, 0.25) is 0 Å². The van der Waals surface area contributed by atoms with Gasteiger partial charge in [0.05, 0.1) is 16.5 Å². The number of para-hydroxylation sites is 1. The van der Waals surface area contributed by atoms with Gasteiger partial charge in [-0.3, -0.25) is 19.3 Å². The molecule has 0 aliphatic carbocycles. The third kappa shape index (κ3) is 4.61. The molecule has 1 aromatic heterocycles. The summed E-state index contributed by atoms with van der Waals surface area (Å²) >= 11 is 0.977. The monoisotopic (exact) mass is 455 g/mol. The van der Waals surface area contributed by atoms with Crippen LogP contribution in [0.25, 0.3) is 17.0 Å². The number of carbonyl (C=O) groups excluding carboxylic acids is 3. The standard InChI is InChI=1S/C24H29N3O4S/c1-3-10-27-23(29)20(32-24(27)30)12-17-14-26(22-16(4-2)7-5-9-19(17)22)15-21(28)25-13-18-8-6-11-31-18/h5,7,9,12,14,18H,3-4,6,8,10-11,13,15H2,1-2H3,(H,25,28)/b20-12-/t18-/m0/s1. The molecular weight excluding hydrogens is 426 g/mol. The Morgan fingerprint density at radius 3 is 2.88 bits per heavy atom. The Balaban J connectivity index is 1.62. The number of hydrogen-bond acceptors (Lipinski definition) is 5. The molecule has 2 fully saturated rings. The number of amides is 3. The van der Waals surface area contributed by atoms with Crippen LogP contribution in [0.1, 0.15) is 44.2 Å². The number of rotatable bonds is 8. The minimum Gasteiger partial charge on any atom is -0.376 e. The van der Waals surface area contributed by atoms with E-state index < -0.39 is 0 Å². The molecule has 1 aromatic carbocycles. The van der Waals surface area contributed by atoms with E-state index in [-0.39, 0.29) is 29.7 Å². The maximum absolute atomic E-state index is 12.7. The highest BCUT2D eigenvalue weighted by atomic mass is 32.2. The zero-order valence-electron chi connectivity index (χ0n) is 18.6. The quantitative estimate of drug-likeness (QED) is 0.610. The maximum Gasteiger partial charge on any atom is 0.293 e. The third-order valence-electron chi connectivity index (χ3n) is 5.87. The number of benzene rings is 1. The molecule has 0 radical (unpaired) electrons. The highest BCUT2D eigenvalue weighted by molar-refractivity contribution is 8.18. The molecule has 0 saturated carbocycles. The molecule has 0 spiro atoms. The topological polar surface area (TPSA) is 80.6 Å². The minimum atomic E-state index is -0.247. The lowest BCUT2D eigenvalue weighted by Gasteiger charge is -2.12. The lowest BCUT2D eigenvalue weighted by molar-refractivity contribution is -0.123. The number of aromatic nitrogens is 1. The fourth-order valence-corrected chi connectivity index (χ4v) is 5.15. The van der Waals surface area contributed by atoms with Gasteiger partial charge in [0.25, 0.3) is 11.1 Å². The number of hydrogen-bond donors (Lipinski definition) is 1. The van der Waals surface area contributed by atoms with Crippen molar-refractivity contribution in [3.05, 3.63) is 40.4 Å². The van der Waals surface area contributed by atoms with Gasteiger partial charge >= 0.3 is 0 Å². The average molecular weight is 456 g/mol. The molecule has 0 bridgehead atoms. The van der Waals surface area contributed by atoms with Gasteiger partial charge in [0.15, 0.2) is 0 Å². The van der Waals surface area contributed by atoms with Crippen LogP contribution in [0, 0.1) is 0 Å². The van der Waals surface area contributed by atoms with Crippen LogP contribution < -0.4 is 5.32 Å². The van der Waals surface area contributed by atoms with Crippen molar-refractivity contribution in [3.8, 4) is 0 Å². The van der Waals surface area contributed by atoms with Crippen molar-refractivity contribution in [1.29, 1.82) is 0 Å². The van der Waals surface area contributed by atoms with Crippen LogP contribution in [0.4, 0.5) is 4.79 Å². The van der Waals surface area contributed by atoms with Gasteiger partial charge in [-0.15, -0.1) is 0 Å². The van der Waals surface area contributed by atoms with E-state index in [0.29, 0.717) is 18.0 Å². The van der Waals surface area contributed by atoms with Crippen LogP contribution in [-0.2, 0) is 27.3 Å². The van der Waals surface area contributed by atoms with Gasteiger partial charge in [0.2, 0.25) is 5.91 Å². The van der Waals surface area contributed by atoms with Crippen LogP contribution in [-0.4, -0.2) is 52.3 Å². The summed E-state index contributed by atoms with van der Waals surface area (Å²) in [5.41, 5.74) is 2.96. The molecule has 2 saturated heterocycles. The van der Waals surface area contributed by atoms with Gasteiger partial charge in [0, 0.05) is 36.8 Å². The zero-order valence-corrected chi connectivity index (χ0v) is 19.4. The van der Waals surface area contributed by atoms with Gasteiger partial charge in [0.1, 0.15) is 6.54 Å². The Morgan fingerprint density at radius 2 is 2.16 bits per heavy atom. The number of carbonyl (C=O) groups is 3. The van der Waals surface area contributed by atoms with Crippen LogP contribution in [0.15, 0.2) is 29.3 Å². The summed E-state index contributed by atoms with van der Waals surface area (Å²) < 4.78 is 7.53. The second-order valence-corrected chi connectivity index (χ2v) is 9.14. The molecule has 8 heteroatoms. The SMILES string of the molecule is CCCN1C(=O)S/C(=C\c2cn(CC(=O)NC[C@@H]3CCCO3)c3c(CC)cccc23)C1=O. The summed E-state index contributed by atoms with van der Waals surface area (Å²) in [6.07, 6.45) is 7.35. The molecule has 2 aromatic rings. The number of thioether (sulfide) groups is 1. The fourth-order valence-electron chi connectivity index (χ4n) is 4.29. The maximum atomic E-state index is 12.7. The lowest BCUT2D eigenvalue weighted by atomic mass is 10.1. The van der Waals surface area contributed by atoms with Crippen LogP contribution in [0.5, 0.6) is 0 Å². The molecule has 4 rings (SSSR count). The largest absolute Gasteiger partial charge is 0.376 e. The van der Waals surface area contributed by atoms with E-state index in [0.717, 1.165) is 66.1 Å². The molecule has 32 heavy (non-hydrogen) atoms. The van der Waals surface area contributed by atoms with E-state index >= 15 is 0 Å². The average Bonchev–Trinajstić information content (AvgIpc) is 3.49. The van der Waals surface area contributed by atoms with Gasteiger partial charge in [-0.25, -0.2) is 0 Å². The summed E-state index contributed by atoms with van der Waals surface area (Å²) in [6.45, 7) is 5.92. The van der Waals surface area contributed by atoms with E-state index in [4.69, 9.17) is 4.74 Å². The lowest BCUT2D eigenvalue weighted by Crippen LogP contribution is -2.34. The highest BCUT2D eigenvalue weighted by Gasteiger charge is 2.34. The van der Waals surface area contributed by atoms with Crippen molar-refractivity contribution in [2.45, 2.75) is 52.2 Å². The van der Waals surface area contributed by atoms with E-state index in [1.807, 2.05) is 29.8 Å². The number of fused-ring (bicyclic) bond motifs is 1. The van der Waals surface area contributed by atoms with E-state index in [1.54, 1.807) is 6.08 Å². The molecular formula is C24H29N3O4S. The molecule has 2 aliphatic rings. The molecule has 1 atom stereocenters. The fraction of sp³-hybridized carbons (Fsp3) is 0.458. The Bertz CT molecular complexity index is 1070. The van der Waals surface area contributed by atoms with Gasteiger partial charge in [-0.05, 0) is 49.1 Å². The molecule has 3 amide bonds. The van der Waals surface area contributed by atoms with Crippen molar-refractivity contribution in [1.82, 2.24) is 14.8 Å². The van der Waals surface area contributed by atoms with Gasteiger partial charge < -0.3 is 14.6 Å². The van der Waals surface area contributed by atoms with Crippen LogP contribution >= 0.6 is 11.8 Å². The van der Waals surface area contributed by atoms with Crippen LogP contribution in [0.3, 0.4) is 0 Å². The second kappa shape index (κ2) is 9.92. The Kier molecular flexibility index (Phi) is 7.01. The van der Waals surface area contributed by atoms with E-state index in [9.17, 15) is 14.4 Å². The number of aryl methyl sites for hydroxylation is 1. The first-order valence-corrected chi connectivity index (χ1v) is 12.1. The number of nitrogens with one attached hydrogen (secondary N) is 1. The Labute approximate surface area is 192 Å². The van der Waals surface area contributed by atoms with Gasteiger partial charge in [-0.2, -0.15) is 0 Å². The molecule has 1 N–H and O–H groups in total. The van der Waals surface area contributed by atoms with E-state index in [1.165, 1.54) is 4.90 Å². The van der Waals surface area contributed by atoms with Gasteiger partial charge in [-0.1, -0.05) is 32.0 Å². The highest BCUT2D eigenvalue weighted by Crippen LogP contribution is 2.35. The summed E-state index contributed by atoms with van der Waals surface area (Å²) in [5, 5.41) is 3.72. The molecule has 170 valence electrons. The Hall–Kier alpha value is -2.58. The predicted octanol–water partition coefficient (Wildman–Crippen LogP) is 3.95. The summed E-state index contributed by atoms with van der Waals surface area (Å²) in [5.74, 6) is -0.318. The molecule has 3 heterocycles. The zero-order chi connectivity index (χ0) is 22.7. The summed E-state index contributed by atoms with van der Waals surface area (Å²) in [4.78, 5) is 39.3.